The number of nitrogens with one attached hydrogen (secondary N) is 2. The smallest absolute Gasteiger partial charge is 0.324 e. The lowest BCUT2D eigenvalue weighted by molar-refractivity contribution is -0.150. The minimum Gasteiger partial charge on any atom is -0.437 e. The third kappa shape index (κ3) is 3.36. The molecule has 0 aliphatic carbocycles. The zero-order valence-electron chi connectivity index (χ0n) is 11.4. The minimum absolute atomic E-state index is 0.0862. The summed E-state index contributed by atoms with van der Waals surface area (Å²) in [7, 11) is 0. The number of urea groups is 1. The SMILES string of the molecule is CCCOCCCC1=C2C(=O)NC(=O)NC2OC(=O)C1. The molecule has 7 heteroatoms. The van der Waals surface area contributed by atoms with Crippen molar-refractivity contribution < 1.29 is 23.9 Å². The van der Waals surface area contributed by atoms with Crippen LogP contribution in [0.15, 0.2) is 11.1 Å². The molecule has 0 aromatic rings. The lowest BCUT2D eigenvalue weighted by Gasteiger charge is -2.31. The van der Waals surface area contributed by atoms with Crippen molar-refractivity contribution in [3.05, 3.63) is 11.1 Å². The van der Waals surface area contributed by atoms with Crippen LogP contribution >= 0.6 is 0 Å². The van der Waals surface area contributed by atoms with Gasteiger partial charge in [-0.15, -0.1) is 0 Å². The van der Waals surface area contributed by atoms with E-state index in [1.54, 1.807) is 0 Å². The molecular formula is C13H18N2O5. The number of amides is 3. The van der Waals surface area contributed by atoms with Crippen molar-refractivity contribution in [2.45, 2.75) is 38.8 Å². The Hall–Kier alpha value is -1.89. The zero-order chi connectivity index (χ0) is 14.5. The van der Waals surface area contributed by atoms with E-state index in [2.05, 4.69) is 10.6 Å². The maximum atomic E-state index is 11.8. The predicted molar refractivity (Wildman–Crippen MR) is 68.5 cm³/mol. The Kier molecular flexibility index (Phi) is 4.73. The van der Waals surface area contributed by atoms with E-state index in [0.29, 0.717) is 30.8 Å². The number of hydrogen-bond donors (Lipinski definition) is 2. The predicted octanol–water partition coefficient (Wildman–Crippen LogP) is 0.602. The number of ether oxygens (including phenoxy) is 2. The molecule has 3 amide bonds. The topological polar surface area (TPSA) is 93.7 Å². The molecule has 2 N–H and O–H groups in total. The molecule has 1 saturated heterocycles. The van der Waals surface area contributed by atoms with Gasteiger partial charge in [0.05, 0.1) is 12.0 Å². The van der Waals surface area contributed by atoms with E-state index in [1.807, 2.05) is 6.92 Å². The molecule has 0 aromatic carbocycles. The average molecular weight is 282 g/mol. The van der Waals surface area contributed by atoms with E-state index < -0.39 is 24.1 Å². The van der Waals surface area contributed by atoms with Gasteiger partial charge in [-0.2, -0.15) is 0 Å². The van der Waals surface area contributed by atoms with Gasteiger partial charge in [0.1, 0.15) is 0 Å². The molecule has 2 rings (SSSR count). The zero-order valence-corrected chi connectivity index (χ0v) is 11.4. The summed E-state index contributed by atoms with van der Waals surface area (Å²) in [5.41, 5.74) is 1.06. The van der Waals surface area contributed by atoms with Gasteiger partial charge in [0.15, 0.2) is 0 Å². The Bertz CT molecular complexity index is 458. The fraction of sp³-hybridized carbons (Fsp3) is 0.615. The van der Waals surface area contributed by atoms with Crippen LogP contribution in [0.25, 0.3) is 0 Å². The Morgan fingerprint density at radius 3 is 2.85 bits per heavy atom. The first kappa shape index (κ1) is 14.5. The molecule has 1 unspecified atom stereocenters. The van der Waals surface area contributed by atoms with Gasteiger partial charge in [0, 0.05) is 13.2 Å². The van der Waals surface area contributed by atoms with Gasteiger partial charge in [-0.3, -0.25) is 20.2 Å². The van der Waals surface area contributed by atoms with Crippen molar-refractivity contribution in [1.29, 1.82) is 0 Å². The number of carbonyl (C=O) groups excluding carboxylic acids is 3. The maximum Gasteiger partial charge on any atom is 0.324 e. The highest BCUT2D eigenvalue weighted by Gasteiger charge is 2.38. The van der Waals surface area contributed by atoms with Crippen LogP contribution in [0.5, 0.6) is 0 Å². The minimum atomic E-state index is -0.955. The third-order valence-electron chi connectivity index (χ3n) is 3.10. The summed E-state index contributed by atoms with van der Waals surface area (Å²) in [6.45, 7) is 3.31. The van der Waals surface area contributed by atoms with E-state index in [4.69, 9.17) is 9.47 Å². The molecule has 0 radical (unpaired) electrons. The number of esters is 1. The van der Waals surface area contributed by atoms with Crippen molar-refractivity contribution in [2.75, 3.05) is 13.2 Å². The van der Waals surface area contributed by atoms with E-state index in [1.165, 1.54) is 0 Å². The maximum absolute atomic E-state index is 11.8. The molecule has 0 saturated carbocycles. The van der Waals surface area contributed by atoms with Gasteiger partial charge in [-0.25, -0.2) is 4.79 Å². The van der Waals surface area contributed by atoms with E-state index in [0.717, 1.165) is 12.8 Å². The third-order valence-corrected chi connectivity index (χ3v) is 3.10. The number of imide groups is 1. The first-order valence-electron chi connectivity index (χ1n) is 6.72. The normalized spacial score (nSPS) is 22.1. The second-order valence-corrected chi connectivity index (χ2v) is 4.71. The van der Waals surface area contributed by atoms with Gasteiger partial charge >= 0.3 is 12.0 Å². The first-order chi connectivity index (χ1) is 9.61. The molecule has 0 spiro atoms. The number of fused-ring (bicyclic) bond motifs is 1. The van der Waals surface area contributed by atoms with Crippen molar-refractivity contribution in [3.63, 3.8) is 0 Å². The quantitative estimate of drug-likeness (QED) is 0.549. The summed E-state index contributed by atoms with van der Waals surface area (Å²) in [4.78, 5) is 34.5. The van der Waals surface area contributed by atoms with Crippen LogP contribution in [-0.2, 0) is 19.1 Å². The second-order valence-electron chi connectivity index (χ2n) is 4.71. The van der Waals surface area contributed by atoms with Crippen molar-refractivity contribution in [2.24, 2.45) is 0 Å². The largest absolute Gasteiger partial charge is 0.437 e. The van der Waals surface area contributed by atoms with Crippen molar-refractivity contribution in [3.8, 4) is 0 Å². The van der Waals surface area contributed by atoms with Gasteiger partial charge in [-0.1, -0.05) is 6.92 Å². The van der Waals surface area contributed by atoms with E-state index in [-0.39, 0.29) is 6.42 Å². The van der Waals surface area contributed by atoms with Crippen molar-refractivity contribution in [1.82, 2.24) is 10.6 Å². The summed E-state index contributed by atoms with van der Waals surface area (Å²) in [5, 5.41) is 4.58. The highest BCUT2D eigenvalue weighted by atomic mass is 16.6. The number of rotatable bonds is 6. The van der Waals surface area contributed by atoms with Crippen LogP contribution in [0.2, 0.25) is 0 Å². The molecule has 1 atom stereocenters. The molecule has 2 aliphatic rings. The molecule has 7 nitrogen and oxygen atoms in total. The summed E-state index contributed by atoms with van der Waals surface area (Å²) in [6, 6.07) is -0.649. The molecule has 2 heterocycles. The number of hydrogen-bond acceptors (Lipinski definition) is 5. The van der Waals surface area contributed by atoms with Crippen LogP contribution < -0.4 is 10.6 Å². The highest BCUT2D eigenvalue weighted by Crippen LogP contribution is 2.26. The summed E-state index contributed by atoms with van der Waals surface area (Å²) in [6.07, 6.45) is 1.39. The van der Waals surface area contributed by atoms with Gasteiger partial charge in [0.25, 0.3) is 5.91 Å². The molecule has 2 aliphatic heterocycles. The molecule has 0 aromatic heterocycles. The molecule has 20 heavy (non-hydrogen) atoms. The first-order valence-corrected chi connectivity index (χ1v) is 6.72. The average Bonchev–Trinajstić information content (AvgIpc) is 2.36. The Balaban J connectivity index is 2.03. The van der Waals surface area contributed by atoms with Gasteiger partial charge in [0.2, 0.25) is 6.23 Å². The standard InChI is InChI=1S/C13H18N2O5/c1-2-5-19-6-3-4-8-7-9(16)20-12-10(8)11(17)14-13(18)15-12/h12H,2-7H2,1H3,(H2,14,15,17,18). The van der Waals surface area contributed by atoms with Crippen LogP contribution in [-0.4, -0.2) is 37.3 Å². The lowest BCUT2D eigenvalue weighted by atomic mass is 9.95. The number of carbonyl (C=O) groups is 3. The van der Waals surface area contributed by atoms with Crippen LogP contribution in [0, 0.1) is 0 Å². The Morgan fingerprint density at radius 2 is 2.10 bits per heavy atom. The summed E-state index contributed by atoms with van der Waals surface area (Å²) in [5.74, 6) is -0.922. The molecular weight excluding hydrogens is 264 g/mol. The van der Waals surface area contributed by atoms with Crippen LogP contribution in [0.3, 0.4) is 0 Å². The fourth-order valence-corrected chi connectivity index (χ4v) is 2.25. The van der Waals surface area contributed by atoms with Crippen LogP contribution in [0.4, 0.5) is 4.79 Å². The van der Waals surface area contributed by atoms with Crippen molar-refractivity contribution >= 4 is 17.9 Å². The lowest BCUT2D eigenvalue weighted by Crippen LogP contribution is -2.57. The second kappa shape index (κ2) is 6.51. The molecule has 110 valence electrons. The van der Waals surface area contributed by atoms with E-state index >= 15 is 0 Å². The Morgan fingerprint density at radius 1 is 1.30 bits per heavy atom. The van der Waals surface area contributed by atoms with Gasteiger partial charge in [-0.05, 0) is 24.8 Å². The van der Waals surface area contributed by atoms with Gasteiger partial charge < -0.3 is 9.47 Å². The molecule has 0 bridgehead atoms. The highest BCUT2D eigenvalue weighted by molar-refractivity contribution is 6.08. The summed E-state index contributed by atoms with van der Waals surface area (Å²) >= 11 is 0. The molecule has 1 fully saturated rings. The Labute approximate surface area is 116 Å². The van der Waals surface area contributed by atoms with Crippen LogP contribution in [0.1, 0.15) is 32.6 Å². The summed E-state index contributed by atoms with van der Waals surface area (Å²) < 4.78 is 10.4. The van der Waals surface area contributed by atoms with E-state index in [9.17, 15) is 14.4 Å². The fourth-order valence-electron chi connectivity index (χ4n) is 2.25. The monoisotopic (exact) mass is 282 g/mol.